The highest BCUT2D eigenvalue weighted by Gasteiger charge is 2.40. The SMILES string of the molecule is CC1=C2OCc3c(-c4cnn(C)c4)ccnc3N=C2CC(C2CCN(C3CN(C(=O)OC(C)(C)C)C3)CC2)N1. The molecule has 1 atom stereocenters. The summed E-state index contributed by atoms with van der Waals surface area (Å²) >= 11 is 0. The Kier molecular flexibility index (Phi) is 6.61. The molecule has 2 saturated heterocycles. The van der Waals surface area contributed by atoms with Gasteiger partial charge in [0.15, 0.2) is 11.6 Å². The molecule has 4 aliphatic heterocycles. The minimum Gasteiger partial charge on any atom is -0.485 e. The van der Waals surface area contributed by atoms with Crippen LogP contribution in [0.4, 0.5) is 10.6 Å². The van der Waals surface area contributed by atoms with Crippen molar-refractivity contribution in [2.45, 2.75) is 71.2 Å². The van der Waals surface area contributed by atoms with E-state index in [1.54, 1.807) is 4.68 Å². The summed E-state index contributed by atoms with van der Waals surface area (Å²) in [5, 5.41) is 8.09. The topological polar surface area (TPSA) is 97.1 Å². The fraction of sp³-hybridized carbons (Fsp3) is 0.586. The number of nitrogens with one attached hydrogen (secondary N) is 1. The highest BCUT2D eigenvalue weighted by molar-refractivity contribution is 6.02. The Morgan fingerprint density at radius 2 is 1.97 bits per heavy atom. The molecule has 1 N–H and O–H groups in total. The predicted octanol–water partition coefficient (Wildman–Crippen LogP) is 4.01. The molecule has 4 aliphatic rings. The predicted molar refractivity (Wildman–Crippen MR) is 148 cm³/mol. The number of hydrogen-bond donors (Lipinski definition) is 1. The second-order valence-electron chi connectivity index (χ2n) is 12.2. The maximum atomic E-state index is 12.3. The smallest absolute Gasteiger partial charge is 0.410 e. The molecular weight excluding hydrogens is 494 g/mol. The summed E-state index contributed by atoms with van der Waals surface area (Å²) in [6.45, 7) is 11.9. The molecule has 2 aromatic rings. The van der Waals surface area contributed by atoms with Crippen molar-refractivity contribution in [1.29, 1.82) is 0 Å². The molecule has 1 unspecified atom stereocenters. The lowest BCUT2D eigenvalue weighted by Gasteiger charge is -2.48. The molecule has 0 radical (unpaired) electrons. The van der Waals surface area contributed by atoms with Crippen molar-refractivity contribution in [3.63, 3.8) is 0 Å². The van der Waals surface area contributed by atoms with Crippen molar-refractivity contribution in [2.24, 2.45) is 18.0 Å². The molecule has 1 amide bonds. The van der Waals surface area contributed by atoms with Gasteiger partial charge in [0.05, 0.1) is 17.6 Å². The fourth-order valence-electron chi connectivity index (χ4n) is 6.16. The maximum Gasteiger partial charge on any atom is 0.410 e. The zero-order chi connectivity index (χ0) is 27.3. The van der Waals surface area contributed by atoms with Crippen LogP contribution in [-0.2, 0) is 23.1 Å². The van der Waals surface area contributed by atoms with Crippen molar-refractivity contribution in [2.75, 3.05) is 26.2 Å². The van der Waals surface area contributed by atoms with Gasteiger partial charge in [-0.1, -0.05) is 0 Å². The van der Waals surface area contributed by atoms with Gasteiger partial charge < -0.3 is 19.7 Å². The standard InChI is InChI=1S/C29H39N7O3/c1-18-26-25(33-27-23(17-38-26)22(6-9-30-27)20-13-31-34(5)14-20)12-24(32-18)19-7-10-35(11-8-19)21-15-36(16-21)28(37)39-29(2,3)4/h6,9,13-14,19,21,24,32H,7-8,10-12,15-17H2,1-5H3. The summed E-state index contributed by atoms with van der Waals surface area (Å²) < 4.78 is 13.7. The third kappa shape index (κ3) is 5.26. The molecule has 39 heavy (non-hydrogen) atoms. The first-order valence-corrected chi connectivity index (χ1v) is 14.0. The molecule has 2 fully saturated rings. The number of rotatable bonds is 3. The Balaban J connectivity index is 1.10. The van der Waals surface area contributed by atoms with Gasteiger partial charge in [0.2, 0.25) is 0 Å². The lowest BCUT2D eigenvalue weighted by Crippen LogP contribution is -2.63. The van der Waals surface area contributed by atoms with E-state index in [1.165, 1.54) is 0 Å². The van der Waals surface area contributed by atoms with E-state index in [0.29, 0.717) is 24.6 Å². The Morgan fingerprint density at radius 3 is 2.67 bits per heavy atom. The average Bonchev–Trinajstić information content (AvgIpc) is 3.18. The first-order valence-electron chi connectivity index (χ1n) is 14.0. The van der Waals surface area contributed by atoms with Crippen LogP contribution in [0.1, 0.15) is 52.5 Å². The van der Waals surface area contributed by atoms with Crippen LogP contribution in [0.25, 0.3) is 11.1 Å². The third-order valence-corrected chi connectivity index (χ3v) is 8.24. The van der Waals surface area contributed by atoms with Gasteiger partial charge in [-0.3, -0.25) is 9.58 Å². The molecule has 0 aliphatic carbocycles. The quantitative estimate of drug-likeness (QED) is 0.637. The fourth-order valence-corrected chi connectivity index (χ4v) is 6.16. The molecule has 6 heterocycles. The number of carbonyl (C=O) groups is 1. The van der Waals surface area contributed by atoms with E-state index in [-0.39, 0.29) is 6.09 Å². The lowest BCUT2D eigenvalue weighted by atomic mass is 9.83. The van der Waals surface area contributed by atoms with Gasteiger partial charge in [-0.2, -0.15) is 5.10 Å². The summed E-state index contributed by atoms with van der Waals surface area (Å²) in [6.07, 6.45) is 8.57. The molecule has 10 nitrogen and oxygen atoms in total. The van der Waals surface area contributed by atoms with E-state index in [0.717, 1.165) is 85.1 Å². The largest absolute Gasteiger partial charge is 0.485 e. The van der Waals surface area contributed by atoms with Crippen molar-refractivity contribution in [1.82, 2.24) is 29.9 Å². The second kappa shape index (κ2) is 9.97. The minimum absolute atomic E-state index is 0.201. The Labute approximate surface area is 230 Å². The summed E-state index contributed by atoms with van der Waals surface area (Å²) in [5.74, 6) is 2.15. The van der Waals surface area contributed by atoms with Crippen LogP contribution in [0.2, 0.25) is 0 Å². The van der Waals surface area contributed by atoms with Crippen LogP contribution in [0, 0.1) is 5.92 Å². The van der Waals surface area contributed by atoms with Crippen LogP contribution < -0.4 is 5.32 Å². The molecule has 0 bridgehead atoms. The molecule has 6 rings (SSSR count). The number of amides is 1. The Morgan fingerprint density at radius 1 is 1.21 bits per heavy atom. The van der Waals surface area contributed by atoms with Crippen molar-refractivity contribution < 1.29 is 14.3 Å². The van der Waals surface area contributed by atoms with Crippen LogP contribution in [0.15, 0.2) is 41.1 Å². The average molecular weight is 534 g/mol. The number of carbonyl (C=O) groups excluding carboxylic acids is 1. The summed E-state index contributed by atoms with van der Waals surface area (Å²) in [6, 6.07) is 2.77. The second-order valence-corrected chi connectivity index (χ2v) is 12.2. The summed E-state index contributed by atoms with van der Waals surface area (Å²) in [4.78, 5) is 26.4. The molecule has 0 aromatic carbocycles. The monoisotopic (exact) mass is 533 g/mol. The number of aromatic nitrogens is 3. The maximum absolute atomic E-state index is 12.3. The number of hydrogen-bond acceptors (Lipinski definition) is 8. The summed E-state index contributed by atoms with van der Waals surface area (Å²) in [5.41, 5.74) is 4.69. The van der Waals surface area contributed by atoms with E-state index in [2.05, 4.69) is 27.2 Å². The van der Waals surface area contributed by atoms with Crippen LogP contribution in [-0.4, -0.2) is 80.2 Å². The van der Waals surface area contributed by atoms with Crippen LogP contribution >= 0.6 is 0 Å². The highest BCUT2D eigenvalue weighted by atomic mass is 16.6. The molecule has 10 heteroatoms. The molecular formula is C29H39N7O3. The number of aryl methyl sites for hydroxylation is 1. The number of likely N-dealkylation sites (tertiary alicyclic amines) is 2. The normalized spacial score (nSPS) is 22.6. The number of aliphatic imine (C=N–C) groups is 1. The number of nitrogens with zero attached hydrogens (tertiary/aromatic N) is 6. The number of pyridine rings is 1. The van der Waals surface area contributed by atoms with Crippen molar-refractivity contribution >= 4 is 17.6 Å². The van der Waals surface area contributed by atoms with Gasteiger partial charge in [-0.05, 0) is 71.2 Å². The Bertz CT molecular complexity index is 1310. The van der Waals surface area contributed by atoms with Gasteiger partial charge >= 0.3 is 6.09 Å². The molecule has 0 spiro atoms. The van der Waals surface area contributed by atoms with Crippen LogP contribution in [0.5, 0.6) is 0 Å². The van der Waals surface area contributed by atoms with E-state index >= 15 is 0 Å². The van der Waals surface area contributed by atoms with Crippen LogP contribution in [0.3, 0.4) is 0 Å². The zero-order valence-electron chi connectivity index (χ0n) is 23.6. The number of piperidine rings is 1. The van der Waals surface area contributed by atoms with Gasteiger partial charge in [-0.15, -0.1) is 0 Å². The van der Waals surface area contributed by atoms with E-state index in [4.69, 9.17) is 14.5 Å². The minimum atomic E-state index is -0.452. The Hall–Kier alpha value is -3.40. The van der Waals surface area contributed by atoms with Gasteiger partial charge in [0.25, 0.3) is 0 Å². The first-order chi connectivity index (χ1) is 18.6. The molecule has 0 saturated carbocycles. The van der Waals surface area contributed by atoms with E-state index in [1.807, 2.05) is 57.4 Å². The van der Waals surface area contributed by atoms with Crippen molar-refractivity contribution in [3.8, 4) is 11.1 Å². The molecule has 208 valence electrons. The van der Waals surface area contributed by atoms with Crippen molar-refractivity contribution in [3.05, 3.63) is 41.7 Å². The van der Waals surface area contributed by atoms with E-state index in [9.17, 15) is 4.79 Å². The third-order valence-electron chi connectivity index (χ3n) is 8.24. The number of ether oxygens (including phenoxy) is 2. The molecule has 2 aromatic heterocycles. The van der Waals surface area contributed by atoms with Gasteiger partial charge in [0, 0.05) is 62.2 Å². The number of fused-ring (bicyclic) bond motifs is 2. The summed E-state index contributed by atoms with van der Waals surface area (Å²) in [7, 11) is 1.92. The highest BCUT2D eigenvalue weighted by Crippen LogP contribution is 2.36. The first kappa shape index (κ1) is 25.9. The van der Waals surface area contributed by atoms with E-state index < -0.39 is 5.60 Å². The van der Waals surface area contributed by atoms with Gasteiger partial charge in [-0.25, -0.2) is 14.8 Å². The number of allylic oxidation sites excluding steroid dienone is 2. The zero-order valence-corrected chi connectivity index (χ0v) is 23.6. The van der Waals surface area contributed by atoms with Gasteiger partial charge in [0.1, 0.15) is 12.2 Å². The lowest BCUT2D eigenvalue weighted by molar-refractivity contribution is -0.0226.